The summed E-state index contributed by atoms with van der Waals surface area (Å²) in [5.41, 5.74) is -0.974. The van der Waals surface area contributed by atoms with Crippen molar-refractivity contribution in [1.82, 2.24) is 25.2 Å². The molecule has 0 atom stereocenters. The number of aromatic nitrogens is 3. The van der Waals surface area contributed by atoms with Crippen LogP contribution in [0.1, 0.15) is 12.6 Å². The first-order valence-corrected chi connectivity index (χ1v) is 8.26. The monoisotopic (exact) mass is 497 g/mol. The predicted octanol–water partition coefficient (Wildman–Crippen LogP) is 2.58. The first kappa shape index (κ1) is 23.0. The van der Waals surface area contributed by atoms with Crippen LogP contribution in [-0.4, -0.2) is 46.7 Å². The maximum atomic E-state index is 12.6. The largest absolute Gasteiger partial charge is 0.433 e. The number of alkyl halides is 3. The maximum absolute atomic E-state index is 12.6. The van der Waals surface area contributed by atoms with Crippen molar-refractivity contribution in [3.8, 4) is 0 Å². The Kier molecular flexibility index (Phi) is 9.89. The average molecular weight is 497 g/mol. The van der Waals surface area contributed by atoms with Crippen LogP contribution in [0.25, 0.3) is 0 Å². The van der Waals surface area contributed by atoms with Gasteiger partial charge in [0.25, 0.3) is 0 Å². The minimum atomic E-state index is -4.49. The second-order valence-corrected chi connectivity index (χ2v) is 5.30. The summed E-state index contributed by atoms with van der Waals surface area (Å²) in [6, 6.07) is 4.75. The summed E-state index contributed by atoms with van der Waals surface area (Å²) in [4.78, 5) is 11.6. The zero-order chi connectivity index (χ0) is 18.8. The number of rotatable bonds is 8. The first-order chi connectivity index (χ1) is 12.5. The fraction of sp³-hybridized carbons (Fsp3) is 0.438. The Morgan fingerprint density at radius 1 is 1.19 bits per heavy atom. The molecule has 0 bridgehead atoms. The second-order valence-electron chi connectivity index (χ2n) is 5.30. The third-order valence-electron chi connectivity index (χ3n) is 3.28. The zero-order valence-corrected chi connectivity index (χ0v) is 17.2. The molecule has 7 nitrogen and oxygen atoms in total. The Morgan fingerprint density at radius 3 is 2.59 bits per heavy atom. The van der Waals surface area contributed by atoms with E-state index < -0.39 is 11.9 Å². The third kappa shape index (κ3) is 8.45. The standard InChI is InChI=1S/C16H22F3N7.HI/c1-2-20-14(24-9-12-26-10-3-4-11-26)22-7-8-23-15-21-6-5-13(25-15)16(17,18)19;/h3-6,10-11H,2,7-9,12H2,1H3,(H2,20,22,24)(H,21,23,25);1H. The van der Waals surface area contributed by atoms with Crippen molar-refractivity contribution in [3.63, 3.8) is 0 Å². The summed E-state index contributed by atoms with van der Waals surface area (Å²) in [5.74, 6) is 0.576. The van der Waals surface area contributed by atoms with Crippen LogP contribution >= 0.6 is 24.0 Å². The SMILES string of the molecule is CCNC(=NCCNc1nccc(C(F)(F)F)n1)NCCn1cccc1.I. The second kappa shape index (κ2) is 11.6. The van der Waals surface area contributed by atoms with Gasteiger partial charge in [0.2, 0.25) is 5.95 Å². The van der Waals surface area contributed by atoms with Crippen LogP contribution in [0.3, 0.4) is 0 Å². The van der Waals surface area contributed by atoms with E-state index in [1.165, 1.54) is 0 Å². The van der Waals surface area contributed by atoms with Crippen LogP contribution in [0, 0.1) is 0 Å². The molecule has 0 aliphatic carbocycles. The molecule has 0 saturated carbocycles. The third-order valence-corrected chi connectivity index (χ3v) is 3.28. The molecule has 11 heteroatoms. The molecule has 2 heterocycles. The summed E-state index contributed by atoms with van der Waals surface area (Å²) < 4.78 is 39.9. The highest BCUT2D eigenvalue weighted by Crippen LogP contribution is 2.27. The molecule has 0 fully saturated rings. The molecule has 0 spiro atoms. The summed E-state index contributed by atoms with van der Waals surface area (Å²) in [5, 5.41) is 9.05. The summed E-state index contributed by atoms with van der Waals surface area (Å²) in [7, 11) is 0. The van der Waals surface area contributed by atoms with Gasteiger partial charge >= 0.3 is 6.18 Å². The van der Waals surface area contributed by atoms with E-state index in [1.54, 1.807) is 0 Å². The highest BCUT2D eigenvalue weighted by molar-refractivity contribution is 14.0. The Hall–Kier alpha value is -2.05. The molecule has 0 aliphatic rings. The van der Waals surface area contributed by atoms with Crippen molar-refractivity contribution in [2.45, 2.75) is 19.6 Å². The van der Waals surface area contributed by atoms with E-state index in [0.717, 1.165) is 18.8 Å². The van der Waals surface area contributed by atoms with Crippen LogP contribution in [-0.2, 0) is 12.7 Å². The van der Waals surface area contributed by atoms with Gasteiger partial charge < -0.3 is 20.5 Å². The predicted molar refractivity (Wildman–Crippen MR) is 109 cm³/mol. The fourth-order valence-corrected chi connectivity index (χ4v) is 2.10. The van der Waals surface area contributed by atoms with Crippen LogP contribution in [0.5, 0.6) is 0 Å². The van der Waals surface area contributed by atoms with Gasteiger partial charge in [-0.05, 0) is 25.1 Å². The van der Waals surface area contributed by atoms with E-state index in [-0.39, 0.29) is 29.9 Å². The number of anilines is 1. The molecule has 2 rings (SSSR count). The molecule has 0 amide bonds. The normalized spacial score (nSPS) is 11.6. The Labute approximate surface area is 172 Å². The quantitative estimate of drug-likeness (QED) is 0.226. The number of halogens is 4. The maximum Gasteiger partial charge on any atom is 0.433 e. The van der Waals surface area contributed by atoms with Gasteiger partial charge in [-0.1, -0.05) is 0 Å². The minimum absolute atomic E-state index is 0. The lowest BCUT2D eigenvalue weighted by Gasteiger charge is -2.12. The van der Waals surface area contributed by atoms with Gasteiger partial charge in [-0.2, -0.15) is 13.2 Å². The number of nitrogens with zero attached hydrogens (tertiary/aromatic N) is 4. The Balaban J connectivity index is 0.00000364. The molecule has 2 aromatic rings. The van der Waals surface area contributed by atoms with Crippen molar-refractivity contribution in [1.29, 1.82) is 0 Å². The molecule has 150 valence electrons. The average Bonchev–Trinajstić information content (AvgIpc) is 3.11. The van der Waals surface area contributed by atoms with Crippen molar-refractivity contribution in [3.05, 3.63) is 42.5 Å². The van der Waals surface area contributed by atoms with Gasteiger partial charge in [0, 0.05) is 44.8 Å². The first-order valence-electron chi connectivity index (χ1n) is 8.26. The van der Waals surface area contributed by atoms with Crippen LogP contribution in [0.2, 0.25) is 0 Å². The molecule has 3 N–H and O–H groups in total. The lowest BCUT2D eigenvalue weighted by atomic mass is 10.4. The van der Waals surface area contributed by atoms with Crippen LogP contribution in [0.15, 0.2) is 41.8 Å². The highest BCUT2D eigenvalue weighted by Gasteiger charge is 2.32. The molecular weight excluding hydrogens is 474 g/mol. The van der Waals surface area contributed by atoms with E-state index >= 15 is 0 Å². The summed E-state index contributed by atoms with van der Waals surface area (Å²) in [6.07, 6.45) is 0.545. The zero-order valence-electron chi connectivity index (χ0n) is 14.8. The molecule has 0 saturated heterocycles. The lowest BCUT2D eigenvalue weighted by molar-refractivity contribution is -0.141. The highest BCUT2D eigenvalue weighted by atomic mass is 127. The molecule has 27 heavy (non-hydrogen) atoms. The summed E-state index contributed by atoms with van der Waals surface area (Å²) in [6.45, 7) is 4.84. The topological polar surface area (TPSA) is 79.2 Å². The molecule has 0 aromatic carbocycles. The van der Waals surface area contributed by atoms with Gasteiger partial charge in [0.05, 0.1) is 6.54 Å². The molecule has 0 unspecified atom stereocenters. The molecule has 0 radical (unpaired) electrons. The van der Waals surface area contributed by atoms with Gasteiger partial charge in [-0.25, -0.2) is 9.97 Å². The van der Waals surface area contributed by atoms with Crippen molar-refractivity contribution in [2.24, 2.45) is 4.99 Å². The van der Waals surface area contributed by atoms with E-state index in [9.17, 15) is 13.2 Å². The van der Waals surface area contributed by atoms with Gasteiger partial charge in [-0.15, -0.1) is 24.0 Å². The van der Waals surface area contributed by atoms with Gasteiger partial charge in [-0.3, -0.25) is 4.99 Å². The van der Waals surface area contributed by atoms with Crippen molar-refractivity contribution < 1.29 is 13.2 Å². The summed E-state index contributed by atoms with van der Waals surface area (Å²) >= 11 is 0. The van der Waals surface area contributed by atoms with Crippen molar-refractivity contribution in [2.75, 3.05) is 31.5 Å². The smallest absolute Gasteiger partial charge is 0.357 e. The van der Waals surface area contributed by atoms with Gasteiger partial charge in [0.15, 0.2) is 5.96 Å². The van der Waals surface area contributed by atoms with Gasteiger partial charge in [0.1, 0.15) is 5.69 Å². The molecular formula is C16H23F3IN7. The van der Waals surface area contributed by atoms with E-state index in [4.69, 9.17) is 0 Å². The lowest BCUT2D eigenvalue weighted by Crippen LogP contribution is -2.39. The van der Waals surface area contributed by atoms with E-state index in [2.05, 4.69) is 30.9 Å². The van der Waals surface area contributed by atoms with Crippen LogP contribution in [0.4, 0.5) is 19.1 Å². The number of nitrogens with one attached hydrogen (secondary N) is 3. The molecule has 2 aromatic heterocycles. The molecule has 0 aliphatic heterocycles. The number of hydrogen-bond acceptors (Lipinski definition) is 4. The van der Waals surface area contributed by atoms with E-state index in [1.807, 2.05) is 36.0 Å². The van der Waals surface area contributed by atoms with Crippen LogP contribution < -0.4 is 16.0 Å². The van der Waals surface area contributed by atoms with Crippen molar-refractivity contribution >= 4 is 35.9 Å². The van der Waals surface area contributed by atoms with E-state index in [0.29, 0.717) is 32.1 Å². The Morgan fingerprint density at radius 2 is 1.93 bits per heavy atom. The number of guanidine groups is 1. The number of aliphatic imine (C=N–C) groups is 1. The minimum Gasteiger partial charge on any atom is -0.357 e. The Bertz CT molecular complexity index is 690. The fourth-order valence-electron chi connectivity index (χ4n) is 2.10. The number of hydrogen-bond donors (Lipinski definition) is 3.